The molecule has 0 heterocycles. The number of nitrogens with zero attached hydrogens (tertiary/aromatic N) is 1. The van der Waals surface area contributed by atoms with E-state index in [2.05, 4.69) is 30.6 Å². The lowest BCUT2D eigenvalue weighted by Gasteiger charge is -2.25. The fraction of sp³-hybridized carbons (Fsp3) is 0.867. The van der Waals surface area contributed by atoms with Crippen LogP contribution >= 0.6 is 0 Å². The maximum Gasteiger partial charge on any atom is 0.236 e. The molecule has 0 aromatic rings. The number of hydrogen-bond donors (Lipinski definition) is 2. The van der Waals surface area contributed by atoms with E-state index in [1.807, 2.05) is 6.92 Å². The van der Waals surface area contributed by atoms with Crippen LogP contribution in [0.3, 0.4) is 0 Å². The molecule has 0 radical (unpaired) electrons. The number of carbonyl (C=O) groups is 1. The summed E-state index contributed by atoms with van der Waals surface area (Å²) >= 11 is 0. The van der Waals surface area contributed by atoms with E-state index in [1.54, 1.807) is 0 Å². The standard InChI is InChI=1S/C15H27N3O/c1-11(2)10-17-15(19)12(3)18-14-8-6-4-5-7-13(14)9-16/h11-14,18H,4-8,10H2,1-3H3,(H,17,19). The van der Waals surface area contributed by atoms with E-state index in [1.165, 1.54) is 6.42 Å². The largest absolute Gasteiger partial charge is 0.354 e. The highest BCUT2D eigenvalue weighted by Gasteiger charge is 2.26. The molecule has 2 N–H and O–H groups in total. The van der Waals surface area contributed by atoms with Gasteiger partial charge >= 0.3 is 0 Å². The third-order valence-corrected chi connectivity index (χ3v) is 3.72. The third kappa shape index (κ3) is 5.61. The van der Waals surface area contributed by atoms with Crippen LogP contribution in [0.15, 0.2) is 0 Å². The van der Waals surface area contributed by atoms with Crippen molar-refractivity contribution in [1.29, 1.82) is 5.26 Å². The van der Waals surface area contributed by atoms with Crippen LogP contribution in [0.1, 0.15) is 52.9 Å². The summed E-state index contributed by atoms with van der Waals surface area (Å²) in [5.74, 6) is 0.540. The van der Waals surface area contributed by atoms with Crippen molar-refractivity contribution in [2.24, 2.45) is 11.8 Å². The molecule has 3 atom stereocenters. The summed E-state index contributed by atoms with van der Waals surface area (Å²) in [4.78, 5) is 11.9. The van der Waals surface area contributed by atoms with Gasteiger partial charge in [0.15, 0.2) is 0 Å². The first-order chi connectivity index (χ1) is 9.04. The summed E-state index contributed by atoms with van der Waals surface area (Å²) < 4.78 is 0. The Morgan fingerprint density at radius 1 is 1.26 bits per heavy atom. The van der Waals surface area contributed by atoms with Crippen molar-refractivity contribution in [3.8, 4) is 6.07 Å². The number of carbonyl (C=O) groups excluding carboxylic acids is 1. The van der Waals surface area contributed by atoms with E-state index in [-0.39, 0.29) is 23.9 Å². The second-order valence-corrected chi connectivity index (χ2v) is 6.01. The minimum atomic E-state index is -0.224. The molecule has 0 aromatic heterocycles. The van der Waals surface area contributed by atoms with E-state index in [0.29, 0.717) is 12.5 Å². The first-order valence-electron chi connectivity index (χ1n) is 7.48. The molecular weight excluding hydrogens is 238 g/mol. The van der Waals surface area contributed by atoms with E-state index in [4.69, 9.17) is 0 Å². The number of rotatable bonds is 5. The summed E-state index contributed by atoms with van der Waals surface area (Å²) in [5, 5.41) is 15.5. The average molecular weight is 265 g/mol. The minimum absolute atomic E-state index is 0.0367. The molecule has 1 amide bonds. The lowest BCUT2D eigenvalue weighted by Crippen LogP contribution is -2.49. The second-order valence-electron chi connectivity index (χ2n) is 6.01. The van der Waals surface area contributed by atoms with Gasteiger partial charge in [-0.1, -0.05) is 33.1 Å². The molecule has 3 unspecified atom stereocenters. The molecule has 0 saturated heterocycles. The molecule has 4 heteroatoms. The Kier molecular flexibility index (Phi) is 6.86. The lowest BCUT2D eigenvalue weighted by molar-refractivity contribution is -0.123. The third-order valence-electron chi connectivity index (χ3n) is 3.72. The molecule has 0 bridgehead atoms. The smallest absolute Gasteiger partial charge is 0.236 e. The van der Waals surface area contributed by atoms with Crippen LogP contribution in [0.5, 0.6) is 0 Å². The molecule has 0 spiro atoms. The van der Waals surface area contributed by atoms with Gasteiger partial charge in [0.25, 0.3) is 0 Å². The predicted molar refractivity (Wildman–Crippen MR) is 76.4 cm³/mol. The maximum atomic E-state index is 11.9. The molecule has 1 aliphatic rings. The predicted octanol–water partition coefficient (Wildman–Crippen LogP) is 2.21. The van der Waals surface area contributed by atoms with Gasteiger partial charge in [0.05, 0.1) is 18.0 Å². The number of nitriles is 1. The Morgan fingerprint density at radius 3 is 2.58 bits per heavy atom. The van der Waals surface area contributed by atoms with Gasteiger partial charge in [-0.2, -0.15) is 5.26 Å². The van der Waals surface area contributed by atoms with Crippen LogP contribution in [0.4, 0.5) is 0 Å². The van der Waals surface area contributed by atoms with Gasteiger partial charge in [-0.25, -0.2) is 0 Å². The molecule has 1 aliphatic carbocycles. The molecule has 108 valence electrons. The quantitative estimate of drug-likeness (QED) is 0.749. The van der Waals surface area contributed by atoms with Gasteiger partial charge in [-0.05, 0) is 25.7 Å². The number of nitrogens with one attached hydrogen (secondary N) is 2. The zero-order chi connectivity index (χ0) is 14.3. The van der Waals surface area contributed by atoms with Gasteiger partial charge in [0.1, 0.15) is 0 Å². The number of amides is 1. The fourth-order valence-electron chi connectivity index (χ4n) is 2.52. The molecular formula is C15H27N3O. The monoisotopic (exact) mass is 265 g/mol. The summed E-state index contributed by atoms with van der Waals surface area (Å²) in [6, 6.07) is 2.33. The van der Waals surface area contributed by atoms with Crippen molar-refractivity contribution in [2.75, 3.05) is 6.54 Å². The zero-order valence-electron chi connectivity index (χ0n) is 12.4. The van der Waals surface area contributed by atoms with Gasteiger partial charge in [-0.3, -0.25) is 4.79 Å². The highest BCUT2D eigenvalue weighted by atomic mass is 16.2. The first kappa shape index (κ1) is 16.0. The Hall–Kier alpha value is -1.08. The summed E-state index contributed by atoms with van der Waals surface area (Å²) in [6.45, 7) is 6.75. The molecule has 4 nitrogen and oxygen atoms in total. The van der Waals surface area contributed by atoms with Crippen molar-refractivity contribution in [3.05, 3.63) is 0 Å². The fourth-order valence-corrected chi connectivity index (χ4v) is 2.52. The molecule has 1 saturated carbocycles. The summed E-state index contributed by atoms with van der Waals surface area (Å²) in [5.41, 5.74) is 0. The van der Waals surface area contributed by atoms with Crippen molar-refractivity contribution < 1.29 is 4.79 Å². The van der Waals surface area contributed by atoms with Crippen LogP contribution in [0.2, 0.25) is 0 Å². The van der Waals surface area contributed by atoms with E-state index in [0.717, 1.165) is 25.7 Å². The van der Waals surface area contributed by atoms with Crippen LogP contribution in [0.25, 0.3) is 0 Å². The topological polar surface area (TPSA) is 64.9 Å². The SMILES string of the molecule is CC(C)CNC(=O)C(C)NC1CCCCCC1C#N. The van der Waals surface area contributed by atoms with Crippen LogP contribution in [-0.4, -0.2) is 24.5 Å². The second kappa shape index (κ2) is 8.16. The average Bonchev–Trinajstić information content (AvgIpc) is 2.60. The van der Waals surface area contributed by atoms with Gasteiger partial charge in [0.2, 0.25) is 5.91 Å². The van der Waals surface area contributed by atoms with Gasteiger partial charge < -0.3 is 10.6 Å². The van der Waals surface area contributed by atoms with E-state index < -0.39 is 0 Å². The Labute approximate surface area is 116 Å². The molecule has 1 rings (SSSR count). The van der Waals surface area contributed by atoms with Crippen LogP contribution < -0.4 is 10.6 Å². The van der Waals surface area contributed by atoms with Crippen molar-refractivity contribution >= 4 is 5.91 Å². The maximum absolute atomic E-state index is 11.9. The van der Waals surface area contributed by atoms with Crippen molar-refractivity contribution in [3.63, 3.8) is 0 Å². The Bertz CT molecular complexity index is 322. The van der Waals surface area contributed by atoms with E-state index in [9.17, 15) is 10.1 Å². The van der Waals surface area contributed by atoms with Crippen molar-refractivity contribution in [1.82, 2.24) is 10.6 Å². The van der Waals surface area contributed by atoms with Crippen LogP contribution in [0, 0.1) is 23.2 Å². The normalized spacial score (nSPS) is 25.4. The van der Waals surface area contributed by atoms with E-state index >= 15 is 0 Å². The lowest BCUT2D eigenvalue weighted by atomic mass is 9.95. The van der Waals surface area contributed by atoms with Crippen LogP contribution in [-0.2, 0) is 4.79 Å². The highest BCUT2D eigenvalue weighted by molar-refractivity contribution is 5.81. The molecule has 0 aliphatic heterocycles. The summed E-state index contributed by atoms with van der Waals surface area (Å²) in [6.07, 6.45) is 5.43. The van der Waals surface area contributed by atoms with Gasteiger partial charge in [0, 0.05) is 12.6 Å². The molecule has 0 aromatic carbocycles. The van der Waals surface area contributed by atoms with Gasteiger partial charge in [-0.15, -0.1) is 0 Å². The summed E-state index contributed by atoms with van der Waals surface area (Å²) in [7, 11) is 0. The molecule has 1 fully saturated rings. The highest BCUT2D eigenvalue weighted by Crippen LogP contribution is 2.23. The Morgan fingerprint density at radius 2 is 1.95 bits per heavy atom. The number of hydrogen-bond acceptors (Lipinski definition) is 3. The van der Waals surface area contributed by atoms with Crippen molar-refractivity contribution in [2.45, 2.75) is 65.0 Å². The molecule has 19 heavy (non-hydrogen) atoms. The zero-order valence-corrected chi connectivity index (χ0v) is 12.4. The first-order valence-corrected chi connectivity index (χ1v) is 7.48. The minimum Gasteiger partial charge on any atom is -0.354 e. The Balaban J connectivity index is 2.46.